The minimum atomic E-state index is -0.0266. The summed E-state index contributed by atoms with van der Waals surface area (Å²) in [6.07, 6.45) is 3.45. The third-order valence-electron chi connectivity index (χ3n) is 6.03. The van der Waals surface area contributed by atoms with Crippen LogP contribution >= 0.6 is 0 Å². The molecule has 6 heteroatoms. The molecule has 0 N–H and O–H groups in total. The van der Waals surface area contributed by atoms with E-state index in [1.165, 1.54) is 0 Å². The smallest absolute Gasteiger partial charge is 0.255 e. The molecule has 0 bridgehead atoms. The highest BCUT2D eigenvalue weighted by Gasteiger charge is 2.32. The van der Waals surface area contributed by atoms with Crippen LogP contribution in [-0.2, 0) is 0 Å². The van der Waals surface area contributed by atoms with E-state index in [1.807, 2.05) is 65.6 Å². The van der Waals surface area contributed by atoms with Crippen LogP contribution in [0.15, 0.2) is 71.3 Å². The summed E-state index contributed by atoms with van der Waals surface area (Å²) in [5.41, 5.74) is 3.10. The van der Waals surface area contributed by atoms with E-state index in [0.29, 0.717) is 35.1 Å². The van der Waals surface area contributed by atoms with Gasteiger partial charge >= 0.3 is 0 Å². The Balaban J connectivity index is 1.56. The molecule has 6 nitrogen and oxygen atoms in total. The Hall–Kier alpha value is -3.80. The lowest BCUT2D eigenvalue weighted by atomic mass is 10.0. The number of hydrogen-bond donors (Lipinski definition) is 0. The number of methoxy groups -OCH3 is 2. The average Bonchev–Trinajstić information content (AvgIpc) is 3.55. The van der Waals surface area contributed by atoms with Crippen molar-refractivity contribution in [2.75, 3.05) is 20.8 Å². The molecule has 1 fully saturated rings. The molecule has 1 atom stereocenters. The zero-order valence-corrected chi connectivity index (χ0v) is 18.1. The number of pyridine rings is 1. The van der Waals surface area contributed by atoms with Crippen molar-refractivity contribution in [2.24, 2.45) is 0 Å². The topological polar surface area (TPSA) is 64.8 Å². The van der Waals surface area contributed by atoms with Gasteiger partial charge in [-0.25, -0.2) is 4.98 Å². The lowest BCUT2D eigenvalue weighted by molar-refractivity contribution is 0.0737. The van der Waals surface area contributed by atoms with E-state index in [9.17, 15) is 4.79 Å². The number of rotatable bonds is 5. The Morgan fingerprint density at radius 2 is 1.88 bits per heavy atom. The van der Waals surface area contributed by atoms with E-state index in [1.54, 1.807) is 20.5 Å². The number of likely N-dealkylation sites (tertiary alicyclic amines) is 1. The highest BCUT2D eigenvalue weighted by Crippen LogP contribution is 2.38. The van der Waals surface area contributed by atoms with Gasteiger partial charge in [0.2, 0.25) is 0 Å². The van der Waals surface area contributed by atoms with Gasteiger partial charge in [-0.3, -0.25) is 4.79 Å². The first-order valence-corrected chi connectivity index (χ1v) is 10.7. The molecule has 3 heterocycles. The quantitative estimate of drug-likeness (QED) is 0.421. The lowest BCUT2D eigenvalue weighted by Crippen LogP contribution is -2.30. The molecule has 0 radical (unpaired) electrons. The first kappa shape index (κ1) is 20.1. The minimum Gasteiger partial charge on any atom is -0.493 e. The van der Waals surface area contributed by atoms with E-state index < -0.39 is 0 Å². The molecule has 162 valence electrons. The van der Waals surface area contributed by atoms with Gasteiger partial charge < -0.3 is 18.8 Å². The Kier molecular flexibility index (Phi) is 5.27. The molecular formula is C26H24N2O4. The molecule has 2 aromatic heterocycles. The van der Waals surface area contributed by atoms with E-state index in [-0.39, 0.29) is 11.9 Å². The highest BCUT2D eigenvalue weighted by molar-refractivity contribution is 6.07. The summed E-state index contributed by atoms with van der Waals surface area (Å²) in [6.45, 7) is 0.699. The van der Waals surface area contributed by atoms with Crippen LogP contribution in [0, 0.1) is 0 Å². The largest absolute Gasteiger partial charge is 0.493 e. The van der Waals surface area contributed by atoms with E-state index in [0.717, 1.165) is 29.3 Å². The van der Waals surface area contributed by atoms with Crippen LogP contribution in [0.3, 0.4) is 0 Å². The number of para-hydroxylation sites is 1. The first-order valence-electron chi connectivity index (χ1n) is 10.7. The summed E-state index contributed by atoms with van der Waals surface area (Å²) < 4.78 is 16.4. The summed E-state index contributed by atoms with van der Waals surface area (Å²) in [5, 5.41) is 0.839. The number of furan rings is 1. The normalized spacial score (nSPS) is 15.8. The fourth-order valence-electron chi connectivity index (χ4n) is 4.47. The Labute approximate surface area is 186 Å². The van der Waals surface area contributed by atoms with Gasteiger partial charge in [0.05, 0.1) is 37.6 Å². The van der Waals surface area contributed by atoms with Gasteiger partial charge in [0.1, 0.15) is 5.69 Å². The van der Waals surface area contributed by atoms with Crippen molar-refractivity contribution >= 4 is 16.8 Å². The third kappa shape index (κ3) is 3.47. The van der Waals surface area contributed by atoms with Crippen molar-refractivity contribution in [1.29, 1.82) is 0 Å². The molecule has 0 aliphatic carbocycles. The maximum Gasteiger partial charge on any atom is 0.255 e. The molecule has 0 saturated carbocycles. The van der Waals surface area contributed by atoms with E-state index in [2.05, 4.69) is 0 Å². The maximum absolute atomic E-state index is 13.9. The van der Waals surface area contributed by atoms with Crippen molar-refractivity contribution in [1.82, 2.24) is 9.88 Å². The van der Waals surface area contributed by atoms with Crippen LogP contribution in [0.25, 0.3) is 22.4 Å². The van der Waals surface area contributed by atoms with Crippen molar-refractivity contribution in [3.63, 3.8) is 0 Å². The first-order chi connectivity index (χ1) is 15.7. The lowest BCUT2D eigenvalue weighted by Gasteiger charge is -2.26. The number of carbonyl (C=O) groups excluding carboxylic acids is 1. The minimum absolute atomic E-state index is 0.00584. The molecule has 1 aliphatic rings. The number of aromatic nitrogens is 1. The zero-order valence-electron chi connectivity index (χ0n) is 18.1. The summed E-state index contributed by atoms with van der Waals surface area (Å²) in [5.74, 6) is 1.98. The maximum atomic E-state index is 13.9. The number of fused-ring (bicyclic) bond motifs is 1. The Morgan fingerprint density at radius 3 is 2.66 bits per heavy atom. The number of nitrogens with zero attached hydrogens (tertiary/aromatic N) is 2. The number of benzene rings is 2. The zero-order chi connectivity index (χ0) is 22.1. The van der Waals surface area contributed by atoms with Crippen LogP contribution in [0.4, 0.5) is 0 Å². The fraction of sp³-hybridized carbons (Fsp3) is 0.231. The van der Waals surface area contributed by atoms with E-state index in [4.69, 9.17) is 18.9 Å². The van der Waals surface area contributed by atoms with Gasteiger partial charge in [0.25, 0.3) is 5.91 Å². The fourth-order valence-corrected chi connectivity index (χ4v) is 4.47. The molecule has 5 rings (SSSR count). The van der Waals surface area contributed by atoms with Crippen LogP contribution in [0.2, 0.25) is 0 Å². The van der Waals surface area contributed by atoms with Gasteiger partial charge in [0.15, 0.2) is 17.3 Å². The summed E-state index contributed by atoms with van der Waals surface area (Å²) in [4.78, 5) is 20.5. The summed E-state index contributed by atoms with van der Waals surface area (Å²) >= 11 is 0. The van der Waals surface area contributed by atoms with Crippen molar-refractivity contribution in [2.45, 2.75) is 18.9 Å². The molecule has 1 aliphatic heterocycles. The predicted octanol–water partition coefficient (Wildman–Crippen LogP) is 5.49. The molecule has 32 heavy (non-hydrogen) atoms. The number of carbonyl (C=O) groups is 1. The second-order valence-corrected chi connectivity index (χ2v) is 7.82. The van der Waals surface area contributed by atoms with E-state index >= 15 is 0 Å². The number of amides is 1. The molecular weight excluding hydrogens is 404 g/mol. The van der Waals surface area contributed by atoms with Crippen LogP contribution in [0.1, 0.15) is 34.8 Å². The Bertz CT molecular complexity index is 1270. The molecule has 2 aromatic carbocycles. The van der Waals surface area contributed by atoms with Gasteiger partial charge in [-0.15, -0.1) is 0 Å². The molecule has 0 spiro atoms. The summed E-state index contributed by atoms with van der Waals surface area (Å²) in [6, 6.07) is 19.1. The third-order valence-corrected chi connectivity index (χ3v) is 6.03. The van der Waals surface area contributed by atoms with Crippen LogP contribution in [0.5, 0.6) is 11.5 Å². The SMILES string of the molecule is COc1ccc(C2CCCN2C(=O)c2cc(-c3ccco3)nc3ccccc23)cc1OC. The van der Waals surface area contributed by atoms with Gasteiger partial charge in [0, 0.05) is 11.9 Å². The number of ether oxygens (including phenoxy) is 2. The van der Waals surface area contributed by atoms with Gasteiger partial charge in [-0.1, -0.05) is 24.3 Å². The van der Waals surface area contributed by atoms with Crippen molar-refractivity contribution < 1.29 is 18.7 Å². The monoisotopic (exact) mass is 428 g/mol. The molecule has 1 unspecified atom stereocenters. The van der Waals surface area contributed by atoms with Gasteiger partial charge in [-0.05, 0) is 54.8 Å². The second-order valence-electron chi connectivity index (χ2n) is 7.82. The van der Waals surface area contributed by atoms with Crippen LogP contribution in [-0.4, -0.2) is 36.6 Å². The average molecular weight is 428 g/mol. The van der Waals surface area contributed by atoms with Crippen LogP contribution < -0.4 is 9.47 Å². The summed E-state index contributed by atoms with van der Waals surface area (Å²) in [7, 11) is 3.24. The molecule has 1 amide bonds. The standard InChI is InChI=1S/C26H24N2O4/c1-30-24-12-11-17(15-25(24)31-2)22-9-5-13-28(22)26(29)19-16-21(23-10-6-14-32-23)27-20-8-4-3-7-18(19)20/h3-4,6-8,10-12,14-16,22H,5,9,13H2,1-2H3. The number of hydrogen-bond acceptors (Lipinski definition) is 5. The van der Waals surface area contributed by atoms with Crippen molar-refractivity contribution in [3.8, 4) is 23.0 Å². The van der Waals surface area contributed by atoms with Crippen molar-refractivity contribution in [3.05, 3.63) is 78.1 Å². The highest BCUT2D eigenvalue weighted by atomic mass is 16.5. The molecule has 1 saturated heterocycles. The predicted molar refractivity (Wildman–Crippen MR) is 122 cm³/mol. The second kappa shape index (κ2) is 8.38. The molecule has 4 aromatic rings. The Morgan fingerprint density at radius 1 is 1.03 bits per heavy atom. The van der Waals surface area contributed by atoms with Gasteiger partial charge in [-0.2, -0.15) is 0 Å².